The fraction of sp³-hybridized carbons (Fsp3) is 0. The van der Waals surface area contributed by atoms with Gasteiger partial charge < -0.3 is 0 Å². The van der Waals surface area contributed by atoms with Gasteiger partial charge in [-0.1, -0.05) is 55.5 Å². The normalized spacial score (nSPS) is 11.2. The van der Waals surface area contributed by atoms with E-state index in [1.807, 2.05) is 0 Å². The van der Waals surface area contributed by atoms with E-state index in [1.165, 1.54) is 11.1 Å². The third kappa shape index (κ3) is 2.11. The van der Waals surface area contributed by atoms with E-state index >= 15 is 0 Å². The van der Waals surface area contributed by atoms with Gasteiger partial charge >= 0.3 is 0 Å². The number of benzene rings is 2. The van der Waals surface area contributed by atoms with Crippen LogP contribution in [0.25, 0.3) is 16.7 Å². The molecule has 0 fully saturated rings. The molecule has 0 unspecified atom stereocenters. The summed E-state index contributed by atoms with van der Waals surface area (Å²) in [5.41, 5.74) is 14.4. The SMILES string of the molecule is C=C=C=C=C1c2cc(Br)ccc2-c2ccc(Br)cc21. The number of hydrogen-bond acceptors (Lipinski definition) is 0. The summed E-state index contributed by atoms with van der Waals surface area (Å²) in [7, 11) is 0. The summed E-state index contributed by atoms with van der Waals surface area (Å²) in [4.78, 5) is 0. The Labute approximate surface area is 128 Å². The second-order valence-electron chi connectivity index (χ2n) is 4.18. The van der Waals surface area contributed by atoms with Gasteiger partial charge in [-0.2, -0.15) is 0 Å². The molecular weight excluding hydrogens is 364 g/mol. The van der Waals surface area contributed by atoms with Gasteiger partial charge in [0, 0.05) is 14.5 Å². The lowest BCUT2D eigenvalue weighted by molar-refractivity contribution is 1.60. The van der Waals surface area contributed by atoms with Crippen molar-refractivity contribution < 1.29 is 0 Å². The summed E-state index contributed by atoms with van der Waals surface area (Å²) in [5.74, 6) is 0. The van der Waals surface area contributed by atoms with Crippen molar-refractivity contribution in [2.24, 2.45) is 0 Å². The molecule has 1 aliphatic carbocycles. The van der Waals surface area contributed by atoms with Crippen LogP contribution in [0, 0.1) is 0 Å². The minimum absolute atomic E-state index is 1.03. The van der Waals surface area contributed by atoms with E-state index < -0.39 is 0 Å². The van der Waals surface area contributed by atoms with Crippen LogP contribution in [0.1, 0.15) is 11.1 Å². The molecule has 0 radical (unpaired) electrons. The van der Waals surface area contributed by atoms with Crippen LogP contribution in [-0.4, -0.2) is 0 Å². The first kappa shape index (κ1) is 12.5. The molecule has 0 atom stereocenters. The fourth-order valence-corrected chi connectivity index (χ4v) is 3.02. The minimum Gasteiger partial charge on any atom is -0.0693 e. The van der Waals surface area contributed by atoms with Crippen LogP contribution in [0.15, 0.2) is 69.1 Å². The quantitative estimate of drug-likeness (QED) is 0.443. The van der Waals surface area contributed by atoms with Gasteiger partial charge in [-0.15, -0.1) is 0 Å². The van der Waals surface area contributed by atoms with E-state index in [0.29, 0.717) is 0 Å². The van der Waals surface area contributed by atoms with E-state index in [0.717, 1.165) is 25.6 Å². The Hall–Kier alpha value is -1.52. The molecule has 0 aromatic heterocycles. The second-order valence-corrected chi connectivity index (χ2v) is 6.01. The van der Waals surface area contributed by atoms with Crippen LogP contribution in [0.3, 0.4) is 0 Å². The van der Waals surface area contributed by atoms with Crippen molar-refractivity contribution in [2.75, 3.05) is 0 Å². The molecule has 0 saturated heterocycles. The molecule has 2 aromatic carbocycles. The van der Waals surface area contributed by atoms with Crippen molar-refractivity contribution in [1.82, 2.24) is 0 Å². The van der Waals surface area contributed by atoms with Crippen LogP contribution >= 0.6 is 31.9 Å². The smallest absolute Gasteiger partial charge is 0.0413 e. The summed E-state index contributed by atoms with van der Waals surface area (Å²) in [6, 6.07) is 12.6. The predicted molar refractivity (Wildman–Crippen MR) is 86.0 cm³/mol. The van der Waals surface area contributed by atoms with E-state index in [-0.39, 0.29) is 0 Å². The zero-order chi connectivity index (χ0) is 13.4. The van der Waals surface area contributed by atoms with Gasteiger partial charge in [-0.3, -0.25) is 0 Å². The highest BCUT2D eigenvalue weighted by Gasteiger charge is 2.23. The van der Waals surface area contributed by atoms with Crippen LogP contribution < -0.4 is 0 Å². The van der Waals surface area contributed by atoms with Crippen molar-refractivity contribution in [1.29, 1.82) is 0 Å². The van der Waals surface area contributed by atoms with Crippen molar-refractivity contribution in [2.45, 2.75) is 0 Å². The predicted octanol–water partition coefficient (Wildman–Crippen LogP) is 5.72. The molecule has 90 valence electrons. The number of rotatable bonds is 0. The Morgan fingerprint density at radius 3 is 1.79 bits per heavy atom. The summed E-state index contributed by atoms with van der Waals surface area (Å²) in [6.45, 7) is 3.54. The zero-order valence-corrected chi connectivity index (χ0v) is 13.1. The molecule has 0 saturated carbocycles. The highest BCUT2D eigenvalue weighted by Crippen LogP contribution is 2.45. The Kier molecular flexibility index (Phi) is 3.21. The molecule has 0 heterocycles. The van der Waals surface area contributed by atoms with Crippen LogP contribution in [0.4, 0.5) is 0 Å². The van der Waals surface area contributed by atoms with Gasteiger partial charge in [0.05, 0.1) is 0 Å². The Bertz CT molecular complexity index is 758. The highest BCUT2D eigenvalue weighted by atomic mass is 79.9. The first-order chi connectivity index (χ1) is 9.20. The molecule has 0 amide bonds. The van der Waals surface area contributed by atoms with Crippen LogP contribution in [0.5, 0.6) is 0 Å². The third-order valence-corrected chi connectivity index (χ3v) is 4.05. The lowest BCUT2D eigenvalue weighted by atomic mass is 10.1. The average molecular weight is 372 g/mol. The minimum atomic E-state index is 1.03. The van der Waals surface area contributed by atoms with E-state index in [9.17, 15) is 0 Å². The Morgan fingerprint density at radius 1 is 0.789 bits per heavy atom. The molecule has 0 aliphatic heterocycles. The number of hydrogen-bond donors (Lipinski definition) is 0. The molecule has 0 bridgehead atoms. The largest absolute Gasteiger partial charge is 0.0693 e. The van der Waals surface area contributed by atoms with E-state index in [4.69, 9.17) is 0 Å². The maximum atomic E-state index is 3.54. The molecule has 0 N–H and O–H groups in total. The zero-order valence-electron chi connectivity index (χ0n) is 9.93. The summed E-state index contributed by atoms with van der Waals surface area (Å²) in [6.07, 6.45) is 0. The van der Waals surface area contributed by atoms with Crippen LogP contribution in [0.2, 0.25) is 0 Å². The standard InChI is InChI=1S/C17H8Br2/c1-2-3-4-13-16-9-11(18)5-7-14(16)15-8-6-12(19)10-17(13)15/h5-10H,1H2. The maximum Gasteiger partial charge on any atom is 0.0413 e. The van der Waals surface area contributed by atoms with Gasteiger partial charge in [0.25, 0.3) is 0 Å². The summed E-state index contributed by atoms with van der Waals surface area (Å²) < 4.78 is 2.11. The van der Waals surface area contributed by atoms with Gasteiger partial charge in [0.1, 0.15) is 0 Å². The molecular formula is C17H8Br2. The second kappa shape index (κ2) is 4.87. The lowest BCUT2D eigenvalue weighted by Gasteiger charge is -2.00. The van der Waals surface area contributed by atoms with Crippen molar-refractivity contribution in [3.8, 4) is 11.1 Å². The third-order valence-electron chi connectivity index (χ3n) is 3.07. The van der Waals surface area contributed by atoms with E-state index in [1.54, 1.807) is 0 Å². The topological polar surface area (TPSA) is 0 Å². The summed E-state index contributed by atoms with van der Waals surface area (Å²) in [5, 5.41) is 0. The van der Waals surface area contributed by atoms with Crippen LogP contribution in [-0.2, 0) is 0 Å². The molecule has 19 heavy (non-hydrogen) atoms. The molecule has 2 heteroatoms. The number of halogens is 2. The van der Waals surface area contributed by atoms with Crippen molar-refractivity contribution in [3.05, 3.63) is 80.2 Å². The molecule has 2 aromatic rings. The highest BCUT2D eigenvalue weighted by molar-refractivity contribution is 9.10. The maximum absolute atomic E-state index is 3.54. The molecule has 3 rings (SSSR count). The first-order valence-corrected chi connectivity index (χ1v) is 7.29. The first-order valence-electron chi connectivity index (χ1n) is 5.71. The Balaban J connectivity index is 2.46. The molecule has 1 aliphatic rings. The monoisotopic (exact) mass is 370 g/mol. The van der Waals surface area contributed by atoms with E-state index in [2.05, 4.69) is 92.0 Å². The molecule has 0 nitrogen and oxygen atoms in total. The van der Waals surface area contributed by atoms with Gasteiger partial charge in [0.15, 0.2) is 0 Å². The molecule has 0 spiro atoms. The number of fused-ring (bicyclic) bond motifs is 3. The fourth-order valence-electron chi connectivity index (χ4n) is 2.30. The Morgan fingerprint density at radius 2 is 1.32 bits per heavy atom. The van der Waals surface area contributed by atoms with Crippen molar-refractivity contribution in [3.63, 3.8) is 0 Å². The van der Waals surface area contributed by atoms with Gasteiger partial charge in [-0.05, 0) is 58.8 Å². The van der Waals surface area contributed by atoms with Crippen molar-refractivity contribution >= 4 is 37.4 Å². The lowest BCUT2D eigenvalue weighted by Crippen LogP contribution is -1.79. The summed E-state index contributed by atoms with van der Waals surface area (Å²) >= 11 is 7.04. The van der Waals surface area contributed by atoms with Gasteiger partial charge in [0.2, 0.25) is 0 Å². The average Bonchev–Trinajstić information content (AvgIpc) is 2.68. The van der Waals surface area contributed by atoms with Gasteiger partial charge in [-0.25, -0.2) is 0 Å².